The number of hydrogen-bond acceptors (Lipinski definition) is 5. The van der Waals surface area contributed by atoms with E-state index in [1.165, 1.54) is 0 Å². The van der Waals surface area contributed by atoms with Gasteiger partial charge in [-0.05, 0) is 50.9 Å². The largest absolute Gasteiger partial charge is 0.394 e. The summed E-state index contributed by atoms with van der Waals surface area (Å²) < 4.78 is 6.94. The molecule has 8 heteroatoms. The van der Waals surface area contributed by atoms with Crippen LogP contribution in [0.15, 0.2) is 25.3 Å². The number of carbonyl (C=O) groups excluding carboxylic acids is 3. The number of ether oxygens (including phenoxy) is 1. The van der Waals surface area contributed by atoms with Gasteiger partial charge in [0.2, 0.25) is 17.7 Å². The number of carbonyl (C=O) groups is 3. The van der Waals surface area contributed by atoms with Crippen molar-refractivity contribution < 1.29 is 24.2 Å². The van der Waals surface area contributed by atoms with Crippen LogP contribution >= 0.6 is 0 Å². The van der Waals surface area contributed by atoms with Crippen LogP contribution in [0.2, 0.25) is 0 Å². The molecule has 0 aromatic heterocycles. The van der Waals surface area contributed by atoms with Crippen LogP contribution in [0.25, 0.3) is 0 Å². The topological polar surface area (TPSA) is 90.4 Å². The molecule has 0 radical (unpaired) electrons. The molecule has 8 nitrogen and oxygen atoms in total. The summed E-state index contributed by atoms with van der Waals surface area (Å²) in [4.78, 5) is 48.7. The molecule has 2 bridgehead atoms. The standard InChI is InChI=1S/C33H55N3O5/c1-13-16-34(12)27(38)24-25-28(39)36(23(19-37)21(4)15-3)26(33(25)18-22(5)32(24,11)41-33)29(40)35(17-14-2)31(9,10)20-30(6,7)8/h13-14,21-26,37H,1-2,15-20H2,3-12H3/t21-,22?,23-,24+,25-,26?,32-,33?/m0/s1. The molecule has 3 rings (SSSR count). The maximum atomic E-state index is 15.0. The Morgan fingerprint density at radius 1 is 1.17 bits per heavy atom. The predicted molar refractivity (Wildman–Crippen MR) is 162 cm³/mol. The average molecular weight is 574 g/mol. The normalized spacial score (nSPS) is 32.5. The Balaban J connectivity index is 2.25. The van der Waals surface area contributed by atoms with Crippen molar-refractivity contribution in [1.82, 2.24) is 14.7 Å². The summed E-state index contributed by atoms with van der Waals surface area (Å²) in [5.41, 5.74) is -2.68. The maximum absolute atomic E-state index is 15.0. The third-order valence-corrected chi connectivity index (χ3v) is 10.1. The van der Waals surface area contributed by atoms with Crippen molar-refractivity contribution in [1.29, 1.82) is 0 Å². The second-order valence-corrected chi connectivity index (χ2v) is 14.9. The highest BCUT2D eigenvalue weighted by molar-refractivity contribution is 5.99. The fraction of sp³-hybridized carbons (Fsp3) is 0.788. The quantitative estimate of drug-likeness (QED) is 0.352. The van der Waals surface area contributed by atoms with Crippen LogP contribution in [0, 0.1) is 29.1 Å². The third-order valence-electron chi connectivity index (χ3n) is 10.1. The third kappa shape index (κ3) is 5.39. The van der Waals surface area contributed by atoms with Gasteiger partial charge in [-0.1, -0.05) is 60.1 Å². The number of fused-ring (bicyclic) bond motifs is 1. The summed E-state index contributed by atoms with van der Waals surface area (Å²) in [6, 6.07) is -1.54. The van der Waals surface area contributed by atoms with Crippen molar-refractivity contribution in [2.75, 3.05) is 26.7 Å². The number of likely N-dealkylation sites (tertiary alicyclic amines) is 1. The molecule has 3 saturated heterocycles. The van der Waals surface area contributed by atoms with Crippen molar-refractivity contribution in [3.05, 3.63) is 25.3 Å². The van der Waals surface area contributed by atoms with E-state index in [2.05, 4.69) is 54.7 Å². The molecular formula is C33H55N3O5. The molecule has 0 aromatic carbocycles. The highest BCUT2D eigenvalue weighted by atomic mass is 16.5. The molecule has 3 amide bonds. The molecule has 3 aliphatic heterocycles. The zero-order valence-electron chi connectivity index (χ0n) is 27.2. The summed E-state index contributed by atoms with van der Waals surface area (Å²) in [5, 5.41) is 10.7. The second-order valence-electron chi connectivity index (χ2n) is 14.9. The van der Waals surface area contributed by atoms with Gasteiger partial charge < -0.3 is 24.5 Å². The molecule has 0 aliphatic carbocycles. The minimum atomic E-state index is -1.17. The molecule has 232 valence electrons. The van der Waals surface area contributed by atoms with E-state index in [4.69, 9.17) is 4.74 Å². The Morgan fingerprint density at radius 3 is 2.24 bits per heavy atom. The smallest absolute Gasteiger partial charge is 0.249 e. The van der Waals surface area contributed by atoms with Crippen LogP contribution in [0.1, 0.15) is 81.6 Å². The number of amides is 3. The van der Waals surface area contributed by atoms with Gasteiger partial charge in [0, 0.05) is 25.7 Å². The molecule has 3 aliphatic rings. The lowest BCUT2D eigenvalue weighted by molar-refractivity contribution is -0.161. The average Bonchev–Trinajstić information content (AvgIpc) is 3.37. The van der Waals surface area contributed by atoms with Gasteiger partial charge >= 0.3 is 0 Å². The SMILES string of the molecule is C=CCN(C)C(=O)[C@H]1[C@H]2C(=O)N([C@@H](CO)[C@@H](C)CC)C(C(=O)N(CC=C)C(C)(C)CC(C)(C)C)C23CC(C)[C@]1(C)O3. The summed E-state index contributed by atoms with van der Waals surface area (Å²) >= 11 is 0. The van der Waals surface area contributed by atoms with Crippen LogP contribution in [0.5, 0.6) is 0 Å². The second kappa shape index (κ2) is 11.5. The summed E-state index contributed by atoms with van der Waals surface area (Å²) in [6.45, 7) is 26.7. The van der Waals surface area contributed by atoms with Crippen molar-refractivity contribution in [2.24, 2.45) is 29.1 Å². The Hall–Kier alpha value is -2.19. The van der Waals surface area contributed by atoms with E-state index in [1.54, 1.807) is 29.0 Å². The fourth-order valence-corrected chi connectivity index (χ4v) is 8.33. The molecule has 0 aromatic rings. The summed E-state index contributed by atoms with van der Waals surface area (Å²) in [5.74, 6) is -2.32. The van der Waals surface area contributed by atoms with Gasteiger partial charge in [-0.2, -0.15) is 0 Å². The number of hydrogen-bond donors (Lipinski definition) is 1. The first-order valence-corrected chi connectivity index (χ1v) is 15.3. The fourth-order valence-electron chi connectivity index (χ4n) is 8.33. The van der Waals surface area contributed by atoms with Crippen LogP contribution in [0.4, 0.5) is 0 Å². The van der Waals surface area contributed by atoms with Gasteiger partial charge in [-0.15, -0.1) is 13.2 Å². The Morgan fingerprint density at radius 2 is 1.76 bits per heavy atom. The molecule has 3 unspecified atom stereocenters. The minimum absolute atomic E-state index is 0.0560. The maximum Gasteiger partial charge on any atom is 0.249 e. The number of rotatable bonds is 12. The highest BCUT2D eigenvalue weighted by Crippen LogP contribution is 2.66. The van der Waals surface area contributed by atoms with Crippen LogP contribution in [-0.4, -0.2) is 93.1 Å². The van der Waals surface area contributed by atoms with Crippen molar-refractivity contribution in [3.63, 3.8) is 0 Å². The van der Waals surface area contributed by atoms with Gasteiger partial charge in [0.25, 0.3) is 0 Å². The lowest BCUT2D eigenvalue weighted by Crippen LogP contribution is -2.63. The van der Waals surface area contributed by atoms with E-state index < -0.39 is 40.7 Å². The van der Waals surface area contributed by atoms with Crippen LogP contribution < -0.4 is 0 Å². The minimum Gasteiger partial charge on any atom is -0.394 e. The van der Waals surface area contributed by atoms with Crippen molar-refractivity contribution in [2.45, 2.75) is 110 Å². The first-order valence-electron chi connectivity index (χ1n) is 15.3. The van der Waals surface area contributed by atoms with E-state index >= 15 is 4.79 Å². The Labute approximate surface area is 248 Å². The summed E-state index contributed by atoms with van der Waals surface area (Å²) in [7, 11) is 1.72. The van der Waals surface area contributed by atoms with E-state index in [1.807, 2.05) is 25.7 Å². The lowest BCUT2D eigenvalue weighted by Gasteiger charge is -2.47. The van der Waals surface area contributed by atoms with Gasteiger partial charge in [0.1, 0.15) is 11.6 Å². The zero-order valence-corrected chi connectivity index (χ0v) is 27.2. The molecule has 8 atom stereocenters. The number of nitrogens with zero attached hydrogens (tertiary/aromatic N) is 3. The zero-order chi connectivity index (χ0) is 31.3. The first kappa shape index (κ1) is 33.3. The van der Waals surface area contributed by atoms with Gasteiger partial charge in [-0.25, -0.2) is 0 Å². The predicted octanol–water partition coefficient (Wildman–Crippen LogP) is 4.28. The molecule has 1 N–H and O–H groups in total. The van der Waals surface area contributed by atoms with Gasteiger partial charge in [0.15, 0.2) is 0 Å². The Kier molecular flexibility index (Phi) is 9.33. The van der Waals surface area contributed by atoms with Gasteiger partial charge in [-0.3, -0.25) is 14.4 Å². The van der Waals surface area contributed by atoms with E-state index in [0.29, 0.717) is 19.5 Å². The summed E-state index contributed by atoms with van der Waals surface area (Å²) in [6.07, 6.45) is 5.33. The van der Waals surface area contributed by atoms with Crippen LogP contribution in [-0.2, 0) is 19.1 Å². The molecular weight excluding hydrogens is 518 g/mol. The monoisotopic (exact) mass is 573 g/mol. The highest BCUT2D eigenvalue weighted by Gasteiger charge is 2.80. The van der Waals surface area contributed by atoms with Crippen molar-refractivity contribution in [3.8, 4) is 0 Å². The molecule has 0 saturated carbocycles. The number of aliphatic hydroxyl groups is 1. The van der Waals surface area contributed by atoms with Gasteiger partial charge in [0.05, 0.1) is 30.1 Å². The van der Waals surface area contributed by atoms with Crippen LogP contribution in [0.3, 0.4) is 0 Å². The molecule has 3 fully saturated rings. The number of aliphatic hydroxyl groups excluding tert-OH is 1. The van der Waals surface area contributed by atoms with E-state index in [0.717, 1.165) is 12.8 Å². The molecule has 41 heavy (non-hydrogen) atoms. The van der Waals surface area contributed by atoms with E-state index in [9.17, 15) is 14.7 Å². The molecule has 3 heterocycles. The van der Waals surface area contributed by atoms with E-state index in [-0.39, 0.29) is 41.6 Å². The molecule has 1 spiro atoms. The lowest BCUT2D eigenvalue weighted by atomic mass is 9.62. The van der Waals surface area contributed by atoms with Crippen molar-refractivity contribution >= 4 is 17.7 Å². The number of likely N-dealkylation sites (N-methyl/N-ethyl adjacent to an activating group) is 1. The Bertz CT molecular complexity index is 1050. The first-order chi connectivity index (χ1) is 18.9.